The number of benzene rings is 1. The van der Waals surface area contributed by atoms with E-state index >= 15 is 0 Å². The van der Waals surface area contributed by atoms with Gasteiger partial charge in [-0.3, -0.25) is 0 Å². The minimum Gasteiger partial charge on any atom is -0.304 e. The van der Waals surface area contributed by atoms with Gasteiger partial charge in [-0.15, -0.1) is 0 Å². The van der Waals surface area contributed by atoms with E-state index in [1.807, 2.05) is 25.8 Å². The molecule has 0 aromatic heterocycles. The van der Waals surface area contributed by atoms with Gasteiger partial charge in [0.2, 0.25) is 0 Å². The molecule has 0 bridgehead atoms. The van der Waals surface area contributed by atoms with Gasteiger partial charge in [0.25, 0.3) is 0 Å². The Balaban J connectivity index is 2.50. The molecule has 1 rings (SSSR count). The molecule has 0 spiro atoms. The molecule has 0 radical (unpaired) electrons. The molecule has 0 aliphatic heterocycles. The Bertz CT molecular complexity index is 450. The van der Waals surface area contributed by atoms with Crippen molar-refractivity contribution in [3.63, 3.8) is 0 Å². The third-order valence-electron chi connectivity index (χ3n) is 2.73. The molecule has 0 saturated carbocycles. The fourth-order valence-electron chi connectivity index (χ4n) is 1.80. The maximum absolute atomic E-state index is 13.0. The Hall–Kier alpha value is -1.47. The van der Waals surface area contributed by atoms with Gasteiger partial charge < -0.3 is 4.90 Å². The highest BCUT2D eigenvalue weighted by atomic mass is 19.2. The van der Waals surface area contributed by atoms with Gasteiger partial charge >= 0.3 is 0 Å². The Morgan fingerprint density at radius 1 is 1.28 bits per heavy atom. The van der Waals surface area contributed by atoms with Gasteiger partial charge in [-0.2, -0.15) is 5.26 Å². The van der Waals surface area contributed by atoms with Crippen molar-refractivity contribution in [3.8, 4) is 6.07 Å². The van der Waals surface area contributed by atoms with Crippen LogP contribution in [-0.4, -0.2) is 25.0 Å². The number of hydrogen-bond donors (Lipinski definition) is 0. The first kappa shape index (κ1) is 14.6. The van der Waals surface area contributed by atoms with E-state index in [-0.39, 0.29) is 0 Å². The summed E-state index contributed by atoms with van der Waals surface area (Å²) in [6.45, 7) is 5.10. The second-order valence-corrected chi connectivity index (χ2v) is 5.23. The van der Waals surface area contributed by atoms with Gasteiger partial charge in [0.05, 0.1) is 11.5 Å². The van der Waals surface area contributed by atoms with Crippen molar-refractivity contribution in [1.29, 1.82) is 5.26 Å². The van der Waals surface area contributed by atoms with Crippen molar-refractivity contribution in [2.45, 2.75) is 20.3 Å². The highest BCUT2D eigenvalue weighted by Crippen LogP contribution is 2.15. The zero-order chi connectivity index (χ0) is 13.8. The summed E-state index contributed by atoms with van der Waals surface area (Å²) in [4.78, 5) is 2.02. The highest BCUT2D eigenvalue weighted by molar-refractivity contribution is 5.18. The van der Waals surface area contributed by atoms with E-state index in [4.69, 9.17) is 5.26 Å². The zero-order valence-electron chi connectivity index (χ0n) is 11.0. The summed E-state index contributed by atoms with van der Waals surface area (Å²) in [6, 6.07) is 6.18. The molecule has 0 amide bonds. The molecule has 0 atom stereocenters. The average molecular weight is 252 g/mol. The van der Waals surface area contributed by atoms with E-state index in [9.17, 15) is 8.78 Å². The van der Waals surface area contributed by atoms with E-state index in [1.165, 1.54) is 6.07 Å². The lowest BCUT2D eigenvalue weighted by molar-refractivity contribution is 0.258. The number of halogens is 2. The predicted octanol–water partition coefficient (Wildman–Crippen LogP) is 2.99. The van der Waals surface area contributed by atoms with Gasteiger partial charge in [0, 0.05) is 13.1 Å². The van der Waals surface area contributed by atoms with Crippen LogP contribution in [0.25, 0.3) is 0 Å². The van der Waals surface area contributed by atoms with Crippen LogP contribution >= 0.6 is 0 Å². The van der Waals surface area contributed by atoms with Gasteiger partial charge in [-0.1, -0.05) is 6.07 Å². The van der Waals surface area contributed by atoms with Crippen molar-refractivity contribution in [1.82, 2.24) is 4.90 Å². The van der Waals surface area contributed by atoms with Crippen LogP contribution in [0.4, 0.5) is 8.78 Å². The van der Waals surface area contributed by atoms with Gasteiger partial charge in [-0.25, -0.2) is 8.78 Å². The first-order valence-electron chi connectivity index (χ1n) is 5.88. The van der Waals surface area contributed by atoms with Crippen molar-refractivity contribution in [3.05, 3.63) is 35.4 Å². The molecule has 0 aliphatic carbocycles. The highest BCUT2D eigenvalue weighted by Gasteiger charge is 2.18. The number of nitrogens with zero attached hydrogens (tertiary/aromatic N) is 2. The molecular formula is C14H18F2N2. The fourth-order valence-corrected chi connectivity index (χ4v) is 1.80. The summed E-state index contributed by atoms with van der Waals surface area (Å²) in [5.74, 6) is -1.63. The number of nitriles is 1. The second-order valence-electron chi connectivity index (χ2n) is 5.23. The molecule has 0 N–H and O–H groups in total. The lowest BCUT2D eigenvalue weighted by atomic mass is 9.95. The van der Waals surface area contributed by atoms with E-state index in [0.29, 0.717) is 19.5 Å². The van der Waals surface area contributed by atoms with Crippen LogP contribution in [-0.2, 0) is 6.42 Å². The molecule has 1 aromatic carbocycles. The molecule has 18 heavy (non-hydrogen) atoms. The summed E-state index contributed by atoms with van der Waals surface area (Å²) in [7, 11) is 1.92. The first-order chi connectivity index (χ1) is 8.34. The maximum atomic E-state index is 13.0. The Morgan fingerprint density at radius 2 is 1.94 bits per heavy atom. The lowest BCUT2D eigenvalue weighted by Gasteiger charge is -2.24. The largest absolute Gasteiger partial charge is 0.304 e. The van der Waals surface area contributed by atoms with Gasteiger partial charge in [-0.05, 0) is 45.0 Å². The topological polar surface area (TPSA) is 27.0 Å². The van der Waals surface area contributed by atoms with Crippen molar-refractivity contribution < 1.29 is 8.78 Å². The van der Waals surface area contributed by atoms with E-state index in [0.717, 1.165) is 11.6 Å². The molecular weight excluding hydrogens is 234 g/mol. The molecule has 98 valence electrons. The smallest absolute Gasteiger partial charge is 0.159 e. The summed E-state index contributed by atoms with van der Waals surface area (Å²) < 4.78 is 25.7. The van der Waals surface area contributed by atoms with Gasteiger partial charge in [0.1, 0.15) is 0 Å². The van der Waals surface area contributed by atoms with Crippen molar-refractivity contribution in [2.24, 2.45) is 5.41 Å². The minimum atomic E-state index is -0.822. The summed E-state index contributed by atoms with van der Waals surface area (Å²) in [5, 5.41) is 8.93. The Kier molecular flexibility index (Phi) is 4.80. The Labute approximate surface area is 107 Å². The van der Waals surface area contributed by atoms with Crippen LogP contribution in [0.1, 0.15) is 19.4 Å². The SMILES string of the molecule is CN(CCc1ccc(F)c(F)c1)CC(C)(C)C#N. The van der Waals surface area contributed by atoms with Gasteiger partial charge in [0.15, 0.2) is 11.6 Å². The average Bonchev–Trinajstić information content (AvgIpc) is 2.30. The normalized spacial score (nSPS) is 11.6. The molecule has 0 saturated heterocycles. The zero-order valence-corrected chi connectivity index (χ0v) is 11.0. The lowest BCUT2D eigenvalue weighted by Crippen LogP contribution is -2.31. The van der Waals surface area contributed by atoms with Crippen molar-refractivity contribution in [2.75, 3.05) is 20.1 Å². The van der Waals surface area contributed by atoms with Crippen LogP contribution in [0.15, 0.2) is 18.2 Å². The second kappa shape index (κ2) is 5.92. The van der Waals surface area contributed by atoms with Crippen LogP contribution in [0.2, 0.25) is 0 Å². The van der Waals surface area contributed by atoms with Crippen LogP contribution in [0.3, 0.4) is 0 Å². The van der Waals surface area contributed by atoms with E-state index in [1.54, 1.807) is 6.07 Å². The van der Waals surface area contributed by atoms with Crippen molar-refractivity contribution >= 4 is 0 Å². The standard InChI is InChI=1S/C14H18F2N2/c1-14(2,9-17)10-18(3)7-6-11-4-5-12(15)13(16)8-11/h4-5,8H,6-7,10H2,1-3H3. The molecule has 0 heterocycles. The van der Waals surface area contributed by atoms with Crippen LogP contribution in [0, 0.1) is 28.4 Å². The summed E-state index contributed by atoms with van der Waals surface area (Å²) >= 11 is 0. The minimum absolute atomic E-state index is 0.400. The fraction of sp³-hybridized carbons (Fsp3) is 0.500. The molecule has 0 unspecified atom stereocenters. The Morgan fingerprint density at radius 3 is 2.50 bits per heavy atom. The third kappa shape index (κ3) is 4.42. The number of rotatable bonds is 5. The van der Waals surface area contributed by atoms with Crippen LogP contribution < -0.4 is 0 Å². The van der Waals surface area contributed by atoms with Crippen LogP contribution in [0.5, 0.6) is 0 Å². The number of hydrogen-bond acceptors (Lipinski definition) is 2. The monoisotopic (exact) mass is 252 g/mol. The summed E-state index contributed by atoms with van der Waals surface area (Å²) in [6.07, 6.45) is 0.634. The van der Waals surface area contributed by atoms with E-state index < -0.39 is 17.0 Å². The molecule has 1 aromatic rings. The predicted molar refractivity (Wildman–Crippen MR) is 67.0 cm³/mol. The molecule has 0 fully saturated rings. The third-order valence-corrected chi connectivity index (χ3v) is 2.73. The number of likely N-dealkylation sites (N-methyl/N-ethyl adjacent to an activating group) is 1. The maximum Gasteiger partial charge on any atom is 0.159 e. The van der Waals surface area contributed by atoms with E-state index in [2.05, 4.69) is 6.07 Å². The quantitative estimate of drug-likeness (QED) is 0.805. The molecule has 2 nitrogen and oxygen atoms in total. The molecule has 4 heteroatoms. The molecule has 0 aliphatic rings. The summed E-state index contributed by atoms with van der Waals surface area (Å²) in [5.41, 5.74) is 0.360. The first-order valence-corrected chi connectivity index (χ1v) is 5.88.